The zero-order chi connectivity index (χ0) is 27.9. The van der Waals surface area contributed by atoms with Crippen LogP contribution in [-0.2, 0) is 21.6 Å². The molecule has 4 rings (SSSR count). The van der Waals surface area contributed by atoms with Gasteiger partial charge in [0.15, 0.2) is 0 Å². The Morgan fingerprint density at radius 3 is 2.37 bits per heavy atom. The number of carbonyl (C=O) groups is 1. The van der Waals surface area contributed by atoms with Crippen LogP contribution in [0.15, 0.2) is 77.9 Å². The molecule has 2 amide bonds. The molecule has 0 bridgehead atoms. The summed E-state index contributed by atoms with van der Waals surface area (Å²) in [6.07, 6.45) is -3.54. The molecular formula is C26H24ClF3N4O3S. The van der Waals surface area contributed by atoms with E-state index in [4.69, 9.17) is 11.6 Å². The number of anilines is 2. The van der Waals surface area contributed by atoms with Crippen LogP contribution >= 0.6 is 11.6 Å². The molecule has 1 atom stereocenters. The number of alkyl halides is 3. The minimum Gasteiger partial charge on any atom is -0.306 e. The number of halogens is 4. The highest BCUT2D eigenvalue weighted by Gasteiger charge is 2.43. The minimum atomic E-state index is -4.61. The van der Waals surface area contributed by atoms with E-state index in [-0.39, 0.29) is 6.54 Å². The van der Waals surface area contributed by atoms with Crippen molar-refractivity contribution >= 4 is 44.7 Å². The van der Waals surface area contributed by atoms with Gasteiger partial charge in [-0.15, -0.1) is 0 Å². The third-order valence-corrected chi connectivity index (χ3v) is 7.88. The summed E-state index contributed by atoms with van der Waals surface area (Å²) in [4.78, 5) is 13.2. The van der Waals surface area contributed by atoms with Gasteiger partial charge in [-0.25, -0.2) is 18.2 Å². The lowest BCUT2D eigenvalue weighted by Gasteiger charge is -2.27. The van der Waals surface area contributed by atoms with E-state index < -0.39 is 38.2 Å². The van der Waals surface area contributed by atoms with Crippen LogP contribution < -0.4 is 9.62 Å². The Morgan fingerprint density at radius 1 is 1.08 bits per heavy atom. The van der Waals surface area contributed by atoms with Gasteiger partial charge in [0.2, 0.25) is 10.0 Å². The Labute approximate surface area is 223 Å². The smallest absolute Gasteiger partial charge is 0.306 e. The molecule has 7 nitrogen and oxygen atoms in total. The summed E-state index contributed by atoms with van der Waals surface area (Å²) in [5.74, 6) is 0. The molecule has 1 aliphatic rings. The minimum absolute atomic E-state index is 0.0970. The highest BCUT2D eigenvalue weighted by atomic mass is 35.5. The maximum Gasteiger partial charge on any atom is 0.417 e. The van der Waals surface area contributed by atoms with Crippen LogP contribution in [0.2, 0.25) is 5.02 Å². The second kappa shape index (κ2) is 9.95. The molecule has 3 aromatic carbocycles. The average Bonchev–Trinajstić information content (AvgIpc) is 3.21. The predicted molar refractivity (Wildman–Crippen MR) is 142 cm³/mol. The van der Waals surface area contributed by atoms with Crippen LogP contribution in [0.4, 0.5) is 29.3 Å². The summed E-state index contributed by atoms with van der Waals surface area (Å²) >= 11 is 6.00. The molecule has 1 unspecified atom stereocenters. The van der Waals surface area contributed by atoms with E-state index in [1.165, 1.54) is 30.3 Å². The number of benzene rings is 3. The number of nitrogens with one attached hydrogen (secondary N) is 1. The molecule has 0 aromatic heterocycles. The molecule has 1 heterocycles. The van der Waals surface area contributed by atoms with Gasteiger partial charge in [-0.3, -0.25) is 4.31 Å². The van der Waals surface area contributed by atoms with Gasteiger partial charge in [0, 0.05) is 18.3 Å². The quantitative estimate of drug-likeness (QED) is 0.415. The van der Waals surface area contributed by atoms with Gasteiger partial charge >= 0.3 is 12.2 Å². The first-order chi connectivity index (χ1) is 17.7. The molecule has 1 N–H and O–H groups in total. The van der Waals surface area contributed by atoms with Crippen molar-refractivity contribution in [1.29, 1.82) is 0 Å². The predicted octanol–water partition coefficient (Wildman–Crippen LogP) is 5.96. The highest BCUT2D eigenvalue weighted by molar-refractivity contribution is 7.92. The fourth-order valence-electron chi connectivity index (χ4n) is 4.22. The number of sulfonamides is 1. The van der Waals surface area contributed by atoms with Gasteiger partial charge in [0.1, 0.15) is 0 Å². The van der Waals surface area contributed by atoms with Crippen molar-refractivity contribution in [2.75, 3.05) is 29.5 Å². The van der Waals surface area contributed by atoms with Crippen LogP contribution in [0.1, 0.15) is 23.6 Å². The lowest BCUT2D eigenvalue weighted by Crippen LogP contribution is -2.38. The van der Waals surface area contributed by atoms with E-state index in [2.05, 4.69) is 10.4 Å². The molecule has 0 aliphatic carbocycles. The Bertz CT molecular complexity index is 1510. The molecule has 0 saturated heterocycles. The fraction of sp³-hybridized carbons (Fsp3) is 0.231. The molecule has 0 radical (unpaired) electrons. The highest BCUT2D eigenvalue weighted by Crippen LogP contribution is 2.39. The van der Waals surface area contributed by atoms with Gasteiger partial charge in [-0.2, -0.15) is 18.3 Å². The zero-order valence-electron chi connectivity index (χ0n) is 20.6. The maximum absolute atomic E-state index is 13.3. The van der Waals surface area contributed by atoms with E-state index in [1.807, 2.05) is 37.3 Å². The molecule has 0 fully saturated rings. The Hall–Kier alpha value is -3.57. The van der Waals surface area contributed by atoms with Gasteiger partial charge in [-0.05, 0) is 42.8 Å². The van der Waals surface area contributed by atoms with E-state index in [9.17, 15) is 26.4 Å². The summed E-state index contributed by atoms with van der Waals surface area (Å²) in [5.41, 5.74) is 0.398. The van der Waals surface area contributed by atoms with E-state index in [0.29, 0.717) is 22.6 Å². The largest absolute Gasteiger partial charge is 0.417 e. The number of rotatable bonds is 5. The second-order valence-electron chi connectivity index (χ2n) is 9.11. The van der Waals surface area contributed by atoms with Crippen LogP contribution in [0.3, 0.4) is 0 Å². The SMILES string of the molecule is CN(c1cccc(NC(=O)N2CC(C)(c3ccccc3)C(c3ccc(C(F)(F)F)c(Cl)c3)=N2)c1)S(C)(=O)=O. The van der Waals surface area contributed by atoms with Gasteiger partial charge in [-0.1, -0.05) is 54.1 Å². The molecule has 12 heteroatoms. The van der Waals surface area contributed by atoms with Gasteiger partial charge in [0.05, 0.1) is 40.2 Å². The first-order valence-corrected chi connectivity index (χ1v) is 13.6. The van der Waals surface area contributed by atoms with Crippen LogP contribution in [0.5, 0.6) is 0 Å². The third-order valence-electron chi connectivity index (χ3n) is 6.36. The van der Waals surface area contributed by atoms with E-state index >= 15 is 0 Å². The van der Waals surface area contributed by atoms with Crippen molar-refractivity contribution in [3.8, 4) is 0 Å². The first-order valence-electron chi connectivity index (χ1n) is 11.3. The molecule has 38 heavy (non-hydrogen) atoms. The van der Waals surface area contributed by atoms with Crippen LogP contribution in [0.25, 0.3) is 0 Å². The molecule has 0 saturated carbocycles. The molecule has 200 valence electrons. The van der Waals surface area contributed by atoms with Crippen molar-refractivity contribution in [3.63, 3.8) is 0 Å². The summed E-state index contributed by atoms with van der Waals surface area (Å²) in [6, 6.07) is 18.3. The zero-order valence-corrected chi connectivity index (χ0v) is 22.2. The third kappa shape index (κ3) is 5.48. The monoisotopic (exact) mass is 564 g/mol. The number of hydrogen-bond acceptors (Lipinski definition) is 4. The van der Waals surface area contributed by atoms with Gasteiger partial charge in [0.25, 0.3) is 0 Å². The van der Waals surface area contributed by atoms with Crippen molar-refractivity contribution < 1.29 is 26.4 Å². The van der Waals surface area contributed by atoms with E-state index in [0.717, 1.165) is 22.2 Å². The number of hydrogen-bond donors (Lipinski definition) is 1. The van der Waals surface area contributed by atoms with Crippen molar-refractivity contribution in [1.82, 2.24) is 5.01 Å². The molecule has 3 aromatic rings. The lowest BCUT2D eigenvalue weighted by atomic mass is 9.76. The summed E-state index contributed by atoms with van der Waals surface area (Å²) in [5, 5.41) is 7.95. The number of nitrogens with zero attached hydrogens (tertiary/aromatic N) is 3. The normalized spacial score (nSPS) is 17.8. The molecule has 0 spiro atoms. The summed E-state index contributed by atoms with van der Waals surface area (Å²) in [6.45, 7) is 1.95. The van der Waals surface area contributed by atoms with Crippen molar-refractivity contribution in [2.24, 2.45) is 5.10 Å². The summed E-state index contributed by atoms with van der Waals surface area (Å²) < 4.78 is 64.7. The van der Waals surface area contributed by atoms with Crippen molar-refractivity contribution in [2.45, 2.75) is 18.5 Å². The number of urea groups is 1. The van der Waals surface area contributed by atoms with Crippen LogP contribution in [0, 0.1) is 0 Å². The van der Waals surface area contributed by atoms with Gasteiger partial charge < -0.3 is 5.32 Å². The molecular weight excluding hydrogens is 541 g/mol. The maximum atomic E-state index is 13.3. The number of amides is 2. The lowest BCUT2D eigenvalue weighted by molar-refractivity contribution is -0.137. The number of carbonyl (C=O) groups excluding carboxylic acids is 1. The fourth-order valence-corrected chi connectivity index (χ4v) is 5.00. The van der Waals surface area contributed by atoms with E-state index in [1.54, 1.807) is 18.2 Å². The first kappa shape index (κ1) is 27.5. The van der Waals surface area contributed by atoms with Crippen LogP contribution in [-0.4, -0.2) is 45.0 Å². The number of hydrazone groups is 1. The van der Waals surface area contributed by atoms with Crippen molar-refractivity contribution in [3.05, 3.63) is 94.5 Å². The standard InChI is InChI=1S/C26H24ClF3N4O3S/c1-25(18-8-5-4-6-9-18)16-34(32-23(25)17-12-13-21(22(27)14-17)26(28,29)30)24(35)31-19-10-7-11-20(15-19)33(2)38(3,36)37/h4-15H,16H2,1-3H3,(H,31,35). The Morgan fingerprint density at radius 2 is 1.76 bits per heavy atom. The Kier molecular flexibility index (Phi) is 7.19. The Balaban J connectivity index is 1.69. The summed E-state index contributed by atoms with van der Waals surface area (Å²) in [7, 11) is -2.11. The average molecular weight is 565 g/mol. The topological polar surface area (TPSA) is 82.1 Å². The second-order valence-corrected chi connectivity index (χ2v) is 11.5. The molecule has 1 aliphatic heterocycles.